The molecule has 2 fully saturated rings. The number of nitrogens with zero attached hydrogens (tertiary/aromatic N) is 1. The van der Waals surface area contributed by atoms with Gasteiger partial charge in [-0.05, 0) is 17.3 Å². The van der Waals surface area contributed by atoms with Gasteiger partial charge in [0.15, 0.2) is 0 Å². The van der Waals surface area contributed by atoms with Gasteiger partial charge in [0.2, 0.25) is 5.91 Å². The number of hydrogen-bond donors (Lipinski definition) is 1. The third-order valence-corrected chi connectivity index (χ3v) is 5.16. The Bertz CT molecular complexity index is 375. The van der Waals surface area contributed by atoms with Crippen LogP contribution in [0.4, 0.5) is 0 Å². The third-order valence-electron chi connectivity index (χ3n) is 5.16. The van der Waals surface area contributed by atoms with E-state index in [1.54, 1.807) is 0 Å². The average molecular weight is 250 g/mol. The second-order valence-electron chi connectivity index (χ2n) is 6.62. The van der Waals surface area contributed by atoms with Crippen LogP contribution in [0.1, 0.15) is 34.1 Å². The normalized spacial score (nSPS) is 30.5. The first-order valence-corrected chi connectivity index (χ1v) is 6.60. The maximum absolute atomic E-state index is 12.3. The van der Waals surface area contributed by atoms with Gasteiger partial charge in [0.25, 0.3) is 0 Å². The van der Waals surface area contributed by atoms with E-state index in [4.69, 9.17) is 4.74 Å². The van der Waals surface area contributed by atoms with Crippen LogP contribution >= 0.6 is 0 Å². The van der Waals surface area contributed by atoms with Gasteiger partial charge in [0, 0.05) is 18.4 Å². The monoisotopic (exact) mass is 250 g/mol. The predicted molar refractivity (Wildman–Crippen MR) is 67.5 cm³/mol. The van der Waals surface area contributed by atoms with Gasteiger partial charge < -0.3 is 10.1 Å². The first-order chi connectivity index (χ1) is 8.32. The zero-order valence-electron chi connectivity index (χ0n) is 11.6. The molecule has 1 N–H and O–H groups in total. The van der Waals surface area contributed by atoms with Gasteiger partial charge in [-0.1, -0.05) is 27.7 Å². The molecule has 18 heavy (non-hydrogen) atoms. The van der Waals surface area contributed by atoms with Gasteiger partial charge >= 0.3 is 0 Å². The zero-order chi connectivity index (χ0) is 13.6. The van der Waals surface area contributed by atoms with Crippen molar-refractivity contribution in [3.63, 3.8) is 0 Å². The van der Waals surface area contributed by atoms with E-state index in [1.807, 2.05) is 0 Å². The number of amides is 1. The summed E-state index contributed by atoms with van der Waals surface area (Å²) >= 11 is 0. The van der Waals surface area contributed by atoms with Gasteiger partial charge in [-0.15, -0.1) is 0 Å². The minimum Gasteiger partial charge on any atom is -0.381 e. The molecule has 2 atom stereocenters. The van der Waals surface area contributed by atoms with Crippen LogP contribution in [0.25, 0.3) is 0 Å². The van der Waals surface area contributed by atoms with Crippen molar-refractivity contribution >= 4 is 5.91 Å². The number of rotatable bonds is 3. The van der Waals surface area contributed by atoms with Crippen molar-refractivity contribution in [2.24, 2.45) is 22.7 Å². The molecule has 0 unspecified atom stereocenters. The Kier molecular flexibility index (Phi) is 3.14. The molecule has 0 aromatic rings. The van der Waals surface area contributed by atoms with E-state index in [0.29, 0.717) is 13.2 Å². The van der Waals surface area contributed by atoms with Gasteiger partial charge in [-0.25, -0.2) is 0 Å². The van der Waals surface area contributed by atoms with Crippen LogP contribution in [-0.4, -0.2) is 25.2 Å². The van der Waals surface area contributed by atoms with Crippen molar-refractivity contribution in [3.05, 3.63) is 0 Å². The molecule has 2 rings (SSSR count). The summed E-state index contributed by atoms with van der Waals surface area (Å²) in [6.07, 6.45) is 0.857. The molecule has 2 aliphatic rings. The smallest absolute Gasteiger partial charge is 0.225 e. The Labute approximate surface area is 109 Å². The van der Waals surface area contributed by atoms with Crippen LogP contribution in [0.5, 0.6) is 0 Å². The summed E-state index contributed by atoms with van der Waals surface area (Å²) in [5.74, 6) is 0.163. The molecule has 4 nitrogen and oxygen atoms in total. The van der Waals surface area contributed by atoms with E-state index in [-0.39, 0.29) is 28.6 Å². The molecule has 1 aliphatic carbocycles. The fraction of sp³-hybridized carbons (Fsp3) is 0.857. The maximum atomic E-state index is 12.3. The number of ether oxygens (including phenoxy) is 1. The van der Waals surface area contributed by atoms with Gasteiger partial charge in [0.05, 0.1) is 12.7 Å². The lowest BCUT2D eigenvalue weighted by molar-refractivity contribution is -0.124. The van der Waals surface area contributed by atoms with Gasteiger partial charge in [-0.3, -0.25) is 4.79 Å². The van der Waals surface area contributed by atoms with Crippen molar-refractivity contribution in [1.29, 1.82) is 5.26 Å². The number of carbonyl (C=O) groups excluding carboxylic acids is 1. The number of hydrogen-bond acceptors (Lipinski definition) is 3. The molecular formula is C14H22N2O2. The topological polar surface area (TPSA) is 62.1 Å². The zero-order valence-corrected chi connectivity index (χ0v) is 11.6. The molecule has 1 amide bonds. The molecule has 1 saturated heterocycles. The molecule has 4 heteroatoms. The standard InChI is InChI=1S/C14H22N2O2/c1-13(2)11(14(13,3)4)12(17)16-10(7-15)9-5-6-18-8-9/h9-11H,5-6,8H2,1-4H3,(H,16,17)/t9-,10+/m0/s1. The Morgan fingerprint density at radius 2 is 2.00 bits per heavy atom. The average Bonchev–Trinajstić information content (AvgIpc) is 2.70. The molecule has 0 radical (unpaired) electrons. The van der Waals surface area contributed by atoms with E-state index in [9.17, 15) is 10.1 Å². The molecule has 0 aromatic heterocycles. The van der Waals surface area contributed by atoms with E-state index >= 15 is 0 Å². The maximum Gasteiger partial charge on any atom is 0.225 e. The summed E-state index contributed by atoms with van der Waals surface area (Å²) in [6.45, 7) is 9.71. The quantitative estimate of drug-likeness (QED) is 0.829. The SMILES string of the molecule is CC1(C)C(C(=O)N[C@H](C#N)[C@H]2CCOC2)C1(C)C. The molecule has 1 aliphatic heterocycles. The predicted octanol–water partition coefficient (Wildman–Crippen LogP) is 1.71. The first kappa shape index (κ1) is 13.4. The molecule has 0 bridgehead atoms. The molecule has 0 aromatic carbocycles. The fourth-order valence-corrected chi connectivity index (χ4v) is 3.16. The summed E-state index contributed by atoms with van der Waals surface area (Å²) < 4.78 is 5.28. The second kappa shape index (κ2) is 4.24. The van der Waals surface area contributed by atoms with Crippen LogP contribution in [0.15, 0.2) is 0 Å². The van der Waals surface area contributed by atoms with E-state index < -0.39 is 6.04 Å². The highest BCUT2D eigenvalue weighted by Crippen LogP contribution is 2.68. The highest BCUT2D eigenvalue weighted by molar-refractivity contribution is 5.84. The minimum absolute atomic E-state index is 0.00294. The second-order valence-corrected chi connectivity index (χ2v) is 6.62. The largest absolute Gasteiger partial charge is 0.381 e. The molecule has 1 heterocycles. The van der Waals surface area contributed by atoms with Crippen molar-refractivity contribution in [1.82, 2.24) is 5.32 Å². The molecule has 0 spiro atoms. The summed E-state index contributed by atoms with van der Waals surface area (Å²) in [5.41, 5.74) is 0.0343. The van der Waals surface area contributed by atoms with Crippen LogP contribution in [0.2, 0.25) is 0 Å². The highest BCUT2D eigenvalue weighted by atomic mass is 16.5. The van der Waals surface area contributed by atoms with Crippen molar-refractivity contribution in [2.75, 3.05) is 13.2 Å². The van der Waals surface area contributed by atoms with Gasteiger partial charge in [0.1, 0.15) is 6.04 Å². The van der Waals surface area contributed by atoms with E-state index in [2.05, 4.69) is 39.1 Å². The van der Waals surface area contributed by atoms with E-state index in [1.165, 1.54) is 0 Å². The lowest BCUT2D eigenvalue weighted by atomic mass is 9.99. The number of carbonyl (C=O) groups is 1. The summed E-state index contributed by atoms with van der Waals surface area (Å²) in [5, 5.41) is 12.1. The Hall–Kier alpha value is -1.08. The Balaban J connectivity index is 1.98. The Morgan fingerprint density at radius 3 is 2.39 bits per heavy atom. The fourth-order valence-electron chi connectivity index (χ4n) is 3.16. The Morgan fingerprint density at radius 1 is 1.39 bits per heavy atom. The van der Waals surface area contributed by atoms with Crippen molar-refractivity contribution < 1.29 is 9.53 Å². The third kappa shape index (κ3) is 1.91. The lowest BCUT2D eigenvalue weighted by Crippen LogP contribution is -2.41. The summed E-state index contributed by atoms with van der Waals surface area (Å²) in [6, 6.07) is 1.79. The summed E-state index contributed by atoms with van der Waals surface area (Å²) in [7, 11) is 0. The summed E-state index contributed by atoms with van der Waals surface area (Å²) in [4.78, 5) is 12.3. The number of nitriles is 1. The molecular weight excluding hydrogens is 228 g/mol. The molecule has 1 saturated carbocycles. The van der Waals surface area contributed by atoms with Crippen LogP contribution in [0, 0.1) is 34.0 Å². The lowest BCUT2D eigenvalue weighted by Gasteiger charge is -2.17. The first-order valence-electron chi connectivity index (χ1n) is 6.60. The van der Waals surface area contributed by atoms with Crippen LogP contribution in [0.3, 0.4) is 0 Å². The highest BCUT2D eigenvalue weighted by Gasteiger charge is 2.68. The van der Waals surface area contributed by atoms with Crippen LogP contribution in [-0.2, 0) is 9.53 Å². The van der Waals surface area contributed by atoms with Gasteiger partial charge in [-0.2, -0.15) is 5.26 Å². The van der Waals surface area contributed by atoms with Crippen molar-refractivity contribution in [2.45, 2.75) is 40.2 Å². The van der Waals surface area contributed by atoms with Crippen LogP contribution < -0.4 is 5.32 Å². The minimum atomic E-state index is -0.410. The van der Waals surface area contributed by atoms with E-state index in [0.717, 1.165) is 6.42 Å². The van der Waals surface area contributed by atoms with Crippen molar-refractivity contribution in [3.8, 4) is 6.07 Å². The number of nitrogens with one attached hydrogen (secondary N) is 1. The molecule has 100 valence electrons.